The van der Waals surface area contributed by atoms with Crippen molar-refractivity contribution >= 4 is 17.9 Å². The van der Waals surface area contributed by atoms with E-state index in [1.165, 1.54) is 26.3 Å². The number of ether oxygens (including phenoxy) is 3. The van der Waals surface area contributed by atoms with Crippen LogP contribution in [0, 0.1) is 28.6 Å². The lowest BCUT2D eigenvalue weighted by molar-refractivity contribution is -0.160. The van der Waals surface area contributed by atoms with Gasteiger partial charge in [0.15, 0.2) is 0 Å². The average Bonchev–Trinajstić information content (AvgIpc) is 3.01. The Morgan fingerprint density at radius 2 is 1.68 bits per heavy atom. The maximum atomic E-state index is 11.7. The number of allylic oxidation sites excluding steroid dienone is 1. The van der Waals surface area contributed by atoms with Gasteiger partial charge in [-0.1, -0.05) is 18.6 Å². The number of esters is 3. The van der Waals surface area contributed by atoms with E-state index in [4.69, 9.17) is 14.2 Å². The second-order valence-corrected chi connectivity index (χ2v) is 10.5. The summed E-state index contributed by atoms with van der Waals surface area (Å²) in [5, 5.41) is 0. The van der Waals surface area contributed by atoms with Crippen LogP contribution in [-0.2, 0) is 28.6 Å². The van der Waals surface area contributed by atoms with Crippen LogP contribution in [0.3, 0.4) is 0 Å². The van der Waals surface area contributed by atoms with E-state index in [0.717, 1.165) is 51.4 Å². The van der Waals surface area contributed by atoms with Crippen LogP contribution >= 0.6 is 0 Å². The van der Waals surface area contributed by atoms with Gasteiger partial charge in [-0.2, -0.15) is 0 Å². The smallest absolute Gasteiger partial charge is 0.302 e. The molecular weight excluding hydrogens is 396 g/mol. The average molecular weight is 433 g/mol. The number of hydrogen-bond donors (Lipinski definition) is 0. The zero-order valence-corrected chi connectivity index (χ0v) is 19.3. The molecule has 0 spiro atoms. The molecule has 6 heteroatoms. The summed E-state index contributed by atoms with van der Waals surface area (Å²) < 4.78 is 17.0. The lowest BCUT2D eigenvalue weighted by Gasteiger charge is -2.58. The minimum absolute atomic E-state index is 0.00505. The van der Waals surface area contributed by atoms with Crippen molar-refractivity contribution in [1.82, 2.24) is 0 Å². The number of hydrogen-bond acceptors (Lipinski definition) is 6. The van der Waals surface area contributed by atoms with Gasteiger partial charge in [-0.05, 0) is 62.7 Å². The molecule has 4 rings (SSSR count). The molecule has 7 atom stereocenters. The van der Waals surface area contributed by atoms with Crippen LogP contribution in [0.1, 0.15) is 79.1 Å². The Labute approximate surface area is 185 Å². The number of rotatable bonds is 4. The highest BCUT2D eigenvalue weighted by Gasteiger charge is 2.61. The quantitative estimate of drug-likeness (QED) is 0.373. The number of carbonyl (C=O) groups is 3. The fourth-order valence-corrected chi connectivity index (χ4v) is 7.60. The van der Waals surface area contributed by atoms with E-state index in [0.29, 0.717) is 24.4 Å². The summed E-state index contributed by atoms with van der Waals surface area (Å²) >= 11 is 0. The van der Waals surface area contributed by atoms with Gasteiger partial charge in [0.2, 0.25) is 0 Å². The first-order valence-corrected chi connectivity index (χ1v) is 11.8. The zero-order chi connectivity index (χ0) is 22.4. The van der Waals surface area contributed by atoms with Gasteiger partial charge in [-0.25, -0.2) is 0 Å². The fraction of sp³-hybridized carbons (Fsp3) is 0.800. The molecule has 0 aliphatic heterocycles. The summed E-state index contributed by atoms with van der Waals surface area (Å²) in [5.74, 6) is 0.795. The van der Waals surface area contributed by atoms with Gasteiger partial charge in [0.05, 0.1) is 0 Å². The Bertz CT molecular complexity index is 787. The Hall–Kier alpha value is -1.85. The molecule has 3 saturated carbocycles. The van der Waals surface area contributed by atoms with Crippen LogP contribution in [0.15, 0.2) is 11.6 Å². The van der Waals surface area contributed by atoms with Crippen molar-refractivity contribution in [2.75, 3.05) is 6.61 Å². The normalized spacial score (nSPS) is 41.2. The number of fused-ring (bicyclic) bond motifs is 5. The van der Waals surface area contributed by atoms with Gasteiger partial charge < -0.3 is 14.2 Å². The molecule has 4 aliphatic rings. The fourth-order valence-electron chi connectivity index (χ4n) is 7.60. The molecule has 0 amide bonds. The Balaban J connectivity index is 1.62. The van der Waals surface area contributed by atoms with Gasteiger partial charge >= 0.3 is 17.9 Å². The van der Waals surface area contributed by atoms with Crippen LogP contribution in [0.2, 0.25) is 0 Å². The van der Waals surface area contributed by atoms with E-state index in [2.05, 4.69) is 13.0 Å². The second kappa shape index (κ2) is 8.25. The van der Waals surface area contributed by atoms with Crippen LogP contribution in [-0.4, -0.2) is 36.7 Å². The first-order chi connectivity index (χ1) is 14.7. The molecule has 0 radical (unpaired) electrons. The predicted octanol–water partition coefficient (Wildman–Crippen LogP) is 4.36. The second-order valence-electron chi connectivity index (χ2n) is 10.5. The Kier molecular flexibility index (Phi) is 5.95. The third-order valence-corrected chi connectivity index (χ3v) is 8.87. The summed E-state index contributed by atoms with van der Waals surface area (Å²) in [6.45, 7) is 7.17. The predicted molar refractivity (Wildman–Crippen MR) is 114 cm³/mol. The third-order valence-electron chi connectivity index (χ3n) is 8.87. The van der Waals surface area contributed by atoms with Crippen molar-refractivity contribution in [3.05, 3.63) is 11.6 Å². The molecule has 31 heavy (non-hydrogen) atoms. The highest BCUT2D eigenvalue weighted by molar-refractivity contribution is 5.67. The number of carbonyl (C=O) groups excluding carboxylic acids is 3. The maximum Gasteiger partial charge on any atom is 0.302 e. The Morgan fingerprint density at radius 3 is 2.35 bits per heavy atom. The monoisotopic (exact) mass is 432 g/mol. The molecule has 0 aromatic rings. The van der Waals surface area contributed by atoms with Gasteiger partial charge in [0, 0.05) is 38.0 Å². The molecule has 0 saturated heterocycles. The van der Waals surface area contributed by atoms with Crippen molar-refractivity contribution in [2.24, 2.45) is 28.6 Å². The maximum absolute atomic E-state index is 11.7. The highest BCUT2D eigenvalue weighted by Crippen LogP contribution is 2.65. The molecule has 0 heterocycles. The van der Waals surface area contributed by atoms with E-state index in [-0.39, 0.29) is 40.9 Å². The minimum atomic E-state index is -0.241. The summed E-state index contributed by atoms with van der Waals surface area (Å²) in [4.78, 5) is 34.9. The summed E-state index contributed by atoms with van der Waals surface area (Å²) in [6, 6.07) is 0. The van der Waals surface area contributed by atoms with Crippen molar-refractivity contribution in [2.45, 2.75) is 91.3 Å². The molecule has 1 unspecified atom stereocenters. The molecule has 172 valence electrons. The molecule has 4 aliphatic carbocycles. The summed E-state index contributed by atoms with van der Waals surface area (Å²) in [7, 11) is 0. The molecule has 6 nitrogen and oxygen atoms in total. The van der Waals surface area contributed by atoms with Crippen LogP contribution < -0.4 is 0 Å². The SMILES string of the molecule is CC(=O)OC[C@]12CCC(OC(C)=O)CC1=CC[C@@H]1[C@@H]2CC[C@]2(C)[C@@H](OC(C)=O)CC[C@@H]12. The van der Waals surface area contributed by atoms with E-state index >= 15 is 0 Å². The Morgan fingerprint density at radius 1 is 0.935 bits per heavy atom. The van der Waals surface area contributed by atoms with Gasteiger partial charge in [-0.3, -0.25) is 14.4 Å². The first-order valence-electron chi connectivity index (χ1n) is 11.8. The van der Waals surface area contributed by atoms with Crippen LogP contribution in [0.5, 0.6) is 0 Å². The van der Waals surface area contributed by atoms with Crippen molar-refractivity contribution in [3.8, 4) is 0 Å². The van der Waals surface area contributed by atoms with Gasteiger partial charge in [0.25, 0.3) is 0 Å². The molecule has 3 fully saturated rings. The van der Waals surface area contributed by atoms with Crippen molar-refractivity contribution in [3.63, 3.8) is 0 Å². The summed E-state index contributed by atoms with van der Waals surface area (Å²) in [5.41, 5.74) is 1.17. The largest absolute Gasteiger partial charge is 0.465 e. The first kappa shape index (κ1) is 22.3. The lowest BCUT2D eigenvalue weighted by Crippen LogP contribution is -2.54. The van der Waals surface area contributed by atoms with Crippen molar-refractivity contribution in [1.29, 1.82) is 0 Å². The lowest BCUT2D eigenvalue weighted by atomic mass is 9.47. The molecular formula is C25H36O6. The van der Waals surface area contributed by atoms with E-state index in [1.807, 2.05) is 0 Å². The van der Waals surface area contributed by atoms with E-state index in [1.54, 1.807) is 0 Å². The topological polar surface area (TPSA) is 78.9 Å². The van der Waals surface area contributed by atoms with Gasteiger partial charge in [0.1, 0.15) is 18.8 Å². The van der Waals surface area contributed by atoms with E-state index in [9.17, 15) is 14.4 Å². The standard InChI is InChI=1S/C25H36O6/c1-15(26)29-14-25-12-9-19(30-16(2)27)13-18(25)5-6-20-21-7-8-23(31-17(3)28)24(21,4)11-10-22(20)25/h5,19-23H,6-14H2,1-4H3/t19?,20-,21-,22-,23-,24-,25+/m0/s1. The zero-order valence-electron chi connectivity index (χ0n) is 19.3. The molecule has 0 N–H and O–H groups in total. The summed E-state index contributed by atoms with van der Waals surface area (Å²) in [6.07, 6.45) is 9.79. The van der Waals surface area contributed by atoms with E-state index < -0.39 is 0 Å². The van der Waals surface area contributed by atoms with Crippen LogP contribution in [0.25, 0.3) is 0 Å². The van der Waals surface area contributed by atoms with Gasteiger partial charge in [-0.15, -0.1) is 0 Å². The molecule has 0 aromatic carbocycles. The van der Waals surface area contributed by atoms with Crippen molar-refractivity contribution < 1.29 is 28.6 Å². The van der Waals surface area contributed by atoms with Crippen LogP contribution in [0.4, 0.5) is 0 Å². The molecule has 0 bridgehead atoms. The minimum Gasteiger partial charge on any atom is -0.465 e. The molecule has 0 aromatic heterocycles. The highest BCUT2D eigenvalue weighted by atomic mass is 16.5. The third kappa shape index (κ3) is 3.91.